The first-order chi connectivity index (χ1) is 12.8. The van der Waals surface area contributed by atoms with E-state index in [0.29, 0.717) is 22.0 Å². The minimum atomic E-state index is -4.73. The zero-order valence-corrected chi connectivity index (χ0v) is 15.1. The predicted molar refractivity (Wildman–Crippen MR) is 96.3 cm³/mol. The van der Waals surface area contributed by atoms with Crippen molar-refractivity contribution < 1.29 is 17.9 Å². The van der Waals surface area contributed by atoms with Gasteiger partial charge in [0, 0.05) is 16.9 Å². The molecule has 27 heavy (non-hydrogen) atoms. The number of aromatic nitrogens is 3. The molecule has 0 fully saturated rings. The third-order valence-corrected chi connectivity index (χ3v) is 3.92. The number of aryl methyl sites for hydroxylation is 1. The molecule has 1 N–H and O–H groups in total. The monoisotopic (exact) mass is 394 g/mol. The number of hydrogen-bond donors (Lipinski definition) is 1. The number of nitrogens with zero attached hydrogens (tertiary/aromatic N) is 3. The van der Waals surface area contributed by atoms with Gasteiger partial charge in [-0.05, 0) is 42.8 Å². The van der Waals surface area contributed by atoms with Crippen LogP contribution in [0.1, 0.15) is 11.1 Å². The highest BCUT2D eigenvalue weighted by atomic mass is 35.5. The fourth-order valence-corrected chi connectivity index (χ4v) is 2.66. The number of nitrogens with one attached hydrogen (secondary N) is 1. The number of ether oxygens (including phenoxy) is 1. The predicted octanol–water partition coefficient (Wildman–Crippen LogP) is 5.27. The lowest BCUT2D eigenvalue weighted by molar-refractivity contribution is -0.138. The fraction of sp³-hybridized carbons (Fsp3) is 0.167. The van der Waals surface area contributed by atoms with E-state index in [0.717, 1.165) is 7.11 Å². The number of methoxy groups -OCH3 is 1. The van der Waals surface area contributed by atoms with Crippen LogP contribution in [0, 0.1) is 6.92 Å². The molecule has 140 valence electrons. The number of halogens is 4. The smallest absolute Gasteiger partial charge is 0.425 e. The van der Waals surface area contributed by atoms with E-state index in [2.05, 4.69) is 20.3 Å². The van der Waals surface area contributed by atoms with Gasteiger partial charge < -0.3 is 10.1 Å². The Balaban J connectivity index is 2.19. The highest BCUT2D eigenvalue weighted by molar-refractivity contribution is 6.30. The molecule has 0 unspecified atom stereocenters. The maximum absolute atomic E-state index is 13.7. The third kappa shape index (κ3) is 4.11. The van der Waals surface area contributed by atoms with E-state index in [1.54, 1.807) is 43.3 Å². The molecule has 2 heterocycles. The van der Waals surface area contributed by atoms with Crippen molar-refractivity contribution in [2.45, 2.75) is 13.1 Å². The van der Waals surface area contributed by atoms with Gasteiger partial charge in [-0.25, -0.2) is 4.98 Å². The molecule has 0 bridgehead atoms. The van der Waals surface area contributed by atoms with Gasteiger partial charge in [0.05, 0.1) is 7.11 Å². The van der Waals surface area contributed by atoms with Crippen LogP contribution in [0.25, 0.3) is 11.5 Å². The lowest BCUT2D eigenvalue weighted by Crippen LogP contribution is -2.15. The van der Waals surface area contributed by atoms with Gasteiger partial charge in [-0.1, -0.05) is 17.7 Å². The largest absolute Gasteiger partial charge is 0.480 e. The van der Waals surface area contributed by atoms with E-state index in [1.807, 2.05) is 0 Å². The molecule has 3 rings (SSSR count). The van der Waals surface area contributed by atoms with Gasteiger partial charge in [-0.2, -0.15) is 18.2 Å². The van der Waals surface area contributed by atoms with Gasteiger partial charge >= 0.3 is 6.18 Å². The zero-order valence-electron chi connectivity index (χ0n) is 14.3. The summed E-state index contributed by atoms with van der Waals surface area (Å²) in [6.45, 7) is 1.72. The Morgan fingerprint density at radius 2 is 1.89 bits per heavy atom. The van der Waals surface area contributed by atoms with Crippen molar-refractivity contribution in [3.63, 3.8) is 0 Å². The molecule has 9 heteroatoms. The molecule has 1 aromatic carbocycles. The molecular weight excluding hydrogens is 381 g/mol. The summed E-state index contributed by atoms with van der Waals surface area (Å²) < 4.78 is 45.9. The zero-order chi connectivity index (χ0) is 19.6. The quantitative estimate of drug-likeness (QED) is 0.653. The van der Waals surface area contributed by atoms with Gasteiger partial charge in [-0.15, -0.1) is 0 Å². The summed E-state index contributed by atoms with van der Waals surface area (Å²) in [6, 6.07) is 9.75. The molecular formula is C18H14ClF3N4O. The Morgan fingerprint density at radius 1 is 1.11 bits per heavy atom. The molecule has 0 radical (unpaired) electrons. The van der Waals surface area contributed by atoms with E-state index in [-0.39, 0.29) is 5.82 Å². The molecule has 0 saturated heterocycles. The summed E-state index contributed by atoms with van der Waals surface area (Å²) in [6.07, 6.45) is -3.23. The standard InChI is InChI=1S/C18H14ClF3N4O/c1-10-9-11(19)6-7-12(10)24-16-14(18(20,21)22)17(27-2)26-15(25-16)13-5-3-4-8-23-13/h3-9H,1-2H3,(H,24,25,26). The number of anilines is 2. The summed E-state index contributed by atoms with van der Waals surface area (Å²) >= 11 is 5.92. The number of rotatable bonds is 4. The Hall–Kier alpha value is -2.87. The average molecular weight is 395 g/mol. The molecule has 2 aromatic heterocycles. The van der Waals surface area contributed by atoms with Crippen LogP contribution in [0.4, 0.5) is 24.7 Å². The van der Waals surface area contributed by atoms with E-state index in [9.17, 15) is 13.2 Å². The van der Waals surface area contributed by atoms with Gasteiger partial charge in [0.15, 0.2) is 17.2 Å². The van der Waals surface area contributed by atoms with Crippen LogP contribution in [0.2, 0.25) is 5.02 Å². The van der Waals surface area contributed by atoms with Crippen molar-refractivity contribution >= 4 is 23.1 Å². The first-order valence-corrected chi connectivity index (χ1v) is 8.15. The Bertz CT molecular complexity index is 965. The average Bonchev–Trinajstić information content (AvgIpc) is 2.63. The minimum absolute atomic E-state index is 0.00886. The maximum Gasteiger partial charge on any atom is 0.425 e. The Labute approximate surface area is 158 Å². The second-order valence-corrected chi connectivity index (χ2v) is 6.01. The summed E-state index contributed by atoms with van der Waals surface area (Å²) in [4.78, 5) is 12.0. The second kappa shape index (κ2) is 7.40. The van der Waals surface area contributed by atoms with Crippen LogP contribution in [-0.4, -0.2) is 22.1 Å². The van der Waals surface area contributed by atoms with Crippen molar-refractivity contribution in [2.24, 2.45) is 0 Å². The van der Waals surface area contributed by atoms with Gasteiger partial charge in [0.25, 0.3) is 0 Å². The summed E-state index contributed by atoms with van der Waals surface area (Å²) in [5.74, 6) is -1.01. The molecule has 0 saturated carbocycles. The summed E-state index contributed by atoms with van der Waals surface area (Å²) in [7, 11) is 1.12. The lowest BCUT2D eigenvalue weighted by Gasteiger charge is -2.18. The van der Waals surface area contributed by atoms with E-state index in [4.69, 9.17) is 16.3 Å². The molecule has 3 aromatic rings. The van der Waals surface area contributed by atoms with E-state index < -0.39 is 23.4 Å². The van der Waals surface area contributed by atoms with Crippen LogP contribution < -0.4 is 10.1 Å². The highest BCUT2D eigenvalue weighted by Crippen LogP contribution is 2.41. The highest BCUT2D eigenvalue weighted by Gasteiger charge is 2.40. The van der Waals surface area contributed by atoms with Crippen LogP contribution in [-0.2, 0) is 6.18 Å². The van der Waals surface area contributed by atoms with Crippen molar-refractivity contribution in [3.05, 3.63) is 58.7 Å². The topological polar surface area (TPSA) is 59.9 Å². The molecule has 5 nitrogen and oxygen atoms in total. The normalized spacial score (nSPS) is 11.3. The summed E-state index contributed by atoms with van der Waals surface area (Å²) in [5.41, 5.74) is 0.310. The van der Waals surface area contributed by atoms with Crippen molar-refractivity contribution in [2.75, 3.05) is 12.4 Å². The first-order valence-electron chi connectivity index (χ1n) is 7.77. The first kappa shape index (κ1) is 18.9. The minimum Gasteiger partial charge on any atom is -0.480 e. The van der Waals surface area contributed by atoms with Gasteiger partial charge in [-0.3, -0.25) is 4.98 Å². The van der Waals surface area contributed by atoms with Crippen molar-refractivity contribution in [3.8, 4) is 17.4 Å². The Morgan fingerprint density at radius 3 is 2.48 bits per heavy atom. The van der Waals surface area contributed by atoms with E-state index in [1.165, 1.54) is 6.20 Å². The SMILES string of the molecule is COc1nc(-c2ccccn2)nc(Nc2ccc(Cl)cc2C)c1C(F)(F)F. The molecule has 0 aliphatic rings. The Kier molecular flexibility index (Phi) is 5.18. The van der Waals surface area contributed by atoms with Crippen LogP contribution in [0.3, 0.4) is 0 Å². The number of benzene rings is 1. The number of hydrogen-bond acceptors (Lipinski definition) is 5. The molecule has 0 aliphatic heterocycles. The molecule has 0 atom stereocenters. The van der Waals surface area contributed by atoms with Crippen LogP contribution >= 0.6 is 11.6 Å². The van der Waals surface area contributed by atoms with Crippen molar-refractivity contribution in [1.82, 2.24) is 15.0 Å². The molecule has 0 spiro atoms. The van der Waals surface area contributed by atoms with Gasteiger partial charge in [0.1, 0.15) is 5.69 Å². The number of pyridine rings is 1. The molecule has 0 amide bonds. The number of alkyl halides is 3. The third-order valence-electron chi connectivity index (χ3n) is 3.69. The maximum atomic E-state index is 13.7. The van der Waals surface area contributed by atoms with Crippen LogP contribution in [0.5, 0.6) is 5.88 Å². The second-order valence-electron chi connectivity index (χ2n) is 5.58. The van der Waals surface area contributed by atoms with Gasteiger partial charge in [0.2, 0.25) is 5.88 Å². The summed E-state index contributed by atoms with van der Waals surface area (Å²) in [5, 5.41) is 3.20. The van der Waals surface area contributed by atoms with E-state index >= 15 is 0 Å². The van der Waals surface area contributed by atoms with Crippen molar-refractivity contribution in [1.29, 1.82) is 0 Å². The molecule has 0 aliphatic carbocycles. The fourth-order valence-electron chi connectivity index (χ4n) is 2.44. The van der Waals surface area contributed by atoms with Crippen LogP contribution in [0.15, 0.2) is 42.6 Å². The lowest BCUT2D eigenvalue weighted by atomic mass is 10.2.